The summed E-state index contributed by atoms with van der Waals surface area (Å²) in [4.78, 5) is 11.6. The average molecular weight is 580 g/mol. The number of unbranched alkanes of at least 4 members (excludes halogenated alkanes) is 4. The standard InChI is InChI=1S/C29H57NO10/c1-2-3-4-5-6-7-29(31)40-27-25-38-23-21-36-19-17-34-15-13-32-12-14-33-16-18-35-20-22-37-24-26-39-28-8-10-30-11-9-28/h28,30H,2-27H2,1H3. The van der Waals surface area contributed by atoms with Crippen LogP contribution < -0.4 is 5.32 Å². The van der Waals surface area contributed by atoms with Crippen molar-refractivity contribution in [2.45, 2.75) is 64.4 Å². The van der Waals surface area contributed by atoms with Crippen LogP contribution in [-0.2, 0) is 47.4 Å². The van der Waals surface area contributed by atoms with Gasteiger partial charge in [0.25, 0.3) is 0 Å². The van der Waals surface area contributed by atoms with Crippen LogP contribution in [0.4, 0.5) is 0 Å². The molecule has 0 aromatic heterocycles. The average Bonchev–Trinajstić information content (AvgIpc) is 2.97. The van der Waals surface area contributed by atoms with Gasteiger partial charge in [0.15, 0.2) is 0 Å². The summed E-state index contributed by atoms with van der Waals surface area (Å²) in [6.07, 6.45) is 8.64. The summed E-state index contributed by atoms with van der Waals surface area (Å²) in [7, 11) is 0. The maximum Gasteiger partial charge on any atom is 0.305 e. The first kappa shape index (κ1) is 37.1. The number of rotatable bonds is 31. The molecule has 11 heteroatoms. The zero-order valence-electron chi connectivity index (χ0n) is 25.0. The lowest BCUT2D eigenvalue weighted by Crippen LogP contribution is -2.33. The Morgan fingerprint density at radius 1 is 0.550 bits per heavy atom. The van der Waals surface area contributed by atoms with E-state index in [1.807, 2.05) is 0 Å². The largest absolute Gasteiger partial charge is 0.463 e. The molecule has 0 radical (unpaired) electrons. The SMILES string of the molecule is CCCCCCCC(=O)OCCOCCOCCOCCOCCOCCOCCOCCOC1CCNCC1. The lowest BCUT2D eigenvalue weighted by molar-refractivity contribution is -0.145. The Bertz CT molecular complexity index is 523. The lowest BCUT2D eigenvalue weighted by Gasteiger charge is -2.22. The van der Waals surface area contributed by atoms with Crippen molar-refractivity contribution in [3.8, 4) is 0 Å². The molecule has 1 rings (SSSR count). The van der Waals surface area contributed by atoms with Crippen LogP contribution in [0.5, 0.6) is 0 Å². The number of hydrogen-bond donors (Lipinski definition) is 1. The van der Waals surface area contributed by atoms with Gasteiger partial charge in [-0.3, -0.25) is 4.79 Å². The molecule has 0 aromatic carbocycles. The molecule has 11 nitrogen and oxygen atoms in total. The van der Waals surface area contributed by atoms with E-state index in [0.29, 0.717) is 118 Å². The number of carbonyl (C=O) groups is 1. The van der Waals surface area contributed by atoms with E-state index in [4.69, 9.17) is 42.6 Å². The van der Waals surface area contributed by atoms with Gasteiger partial charge >= 0.3 is 5.97 Å². The molecule has 0 spiro atoms. The van der Waals surface area contributed by atoms with E-state index in [2.05, 4.69) is 12.2 Å². The quantitative estimate of drug-likeness (QED) is 0.0967. The van der Waals surface area contributed by atoms with Crippen molar-refractivity contribution in [1.82, 2.24) is 5.32 Å². The van der Waals surface area contributed by atoms with E-state index >= 15 is 0 Å². The number of carbonyl (C=O) groups excluding carboxylic acids is 1. The molecular formula is C29H57NO10. The molecular weight excluding hydrogens is 522 g/mol. The molecule has 1 fully saturated rings. The molecule has 1 heterocycles. The van der Waals surface area contributed by atoms with Crippen molar-refractivity contribution in [2.24, 2.45) is 0 Å². The van der Waals surface area contributed by atoms with Gasteiger partial charge in [-0.15, -0.1) is 0 Å². The summed E-state index contributed by atoms with van der Waals surface area (Å²) in [6.45, 7) is 12.4. The summed E-state index contributed by atoms with van der Waals surface area (Å²) < 4.78 is 49.2. The van der Waals surface area contributed by atoms with Crippen LogP contribution >= 0.6 is 0 Å². The second kappa shape index (κ2) is 31.1. The number of ether oxygens (including phenoxy) is 9. The van der Waals surface area contributed by atoms with Gasteiger partial charge in [0.1, 0.15) is 6.61 Å². The summed E-state index contributed by atoms with van der Waals surface area (Å²) in [5.74, 6) is -0.142. The highest BCUT2D eigenvalue weighted by Crippen LogP contribution is 2.07. The monoisotopic (exact) mass is 579 g/mol. The highest BCUT2D eigenvalue weighted by molar-refractivity contribution is 5.69. The Morgan fingerprint density at radius 2 is 0.950 bits per heavy atom. The molecule has 1 aliphatic heterocycles. The molecule has 40 heavy (non-hydrogen) atoms. The predicted octanol–water partition coefficient (Wildman–Crippen LogP) is 2.77. The van der Waals surface area contributed by atoms with E-state index in [9.17, 15) is 4.79 Å². The Balaban J connectivity index is 1.64. The maximum atomic E-state index is 11.6. The fourth-order valence-electron chi connectivity index (χ4n) is 3.82. The van der Waals surface area contributed by atoms with Crippen LogP contribution in [0.1, 0.15) is 58.3 Å². The Kier molecular flexibility index (Phi) is 28.8. The molecule has 0 bridgehead atoms. The van der Waals surface area contributed by atoms with Crippen molar-refractivity contribution >= 4 is 5.97 Å². The summed E-state index contributed by atoms with van der Waals surface area (Å²) in [5.41, 5.74) is 0. The van der Waals surface area contributed by atoms with Crippen molar-refractivity contribution in [2.75, 3.05) is 119 Å². The van der Waals surface area contributed by atoms with E-state index in [0.717, 1.165) is 38.8 Å². The fourth-order valence-corrected chi connectivity index (χ4v) is 3.82. The van der Waals surface area contributed by atoms with E-state index in [1.165, 1.54) is 19.3 Å². The third-order valence-electron chi connectivity index (χ3n) is 6.07. The third-order valence-corrected chi connectivity index (χ3v) is 6.07. The molecule has 1 N–H and O–H groups in total. The second-order valence-corrected chi connectivity index (χ2v) is 9.49. The number of hydrogen-bond acceptors (Lipinski definition) is 11. The normalized spacial score (nSPS) is 14.1. The van der Waals surface area contributed by atoms with Crippen LogP contribution in [-0.4, -0.2) is 131 Å². The third kappa shape index (κ3) is 27.3. The number of esters is 1. The van der Waals surface area contributed by atoms with Gasteiger partial charge in [-0.05, 0) is 32.4 Å². The second-order valence-electron chi connectivity index (χ2n) is 9.49. The van der Waals surface area contributed by atoms with Gasteiger partial charge in [0, 0.05) is 6.42 Å². The maximum absolute atomic E-state index is 11.6. The Labute approximate surface area is 242 Å². The van der Waals surface area contributed by atoms with Crippen LogP contribution in [0.2, 0.25) is 0 Å². The zero-order valence-corrected chi connectivity index (χ0v) is 25.0. The molecule has 0 unspecified atom stereocenters. The van der Waals surface area contributed by atoms with Gasteiger partial charge in [-0.2, -0.15) is 0 Å². The van der Waals surface area contributed by atoms with Crippen LogP contribution in [0, 0.1) is 0 Å². The van der Waals surface area contributed by atoms with Gasteiger partial charge < -0.3 is 47.9 Å². The molecule has 1 aliphatic rings. The predicted molar refractivity (Wildman–Crippen MR) is 152 cm³/mol. The van der Waals surface area contributed by atoms with Crippen molar-refractivity contribution < 1.29 is 47.4 Å². The first-order chi connectivity index (χ1) is 19.8. The molecule has 0 atom stereocenters. The smallest absolute Gasteiger partial charge is 0.305 e. The van der Waals surface area contributed by atoms with E-state index < -0.39 is 0 Å². The van der Waals surface area contributed by atoms with Gasteiger partial charge in [-0.1, -0.05) is 32.6 Å². The topological polar surface area (TPSA) is 112 Å². The molecule has 1 saturated heterocycles. The van der Waals surface area contributed by atoms with Crippen LogP contribution in [0.25, 0.3) is 0 Å². The van der Waals surface area contributed by atoms with Gasteiger partial charge in [0.2, 0.25) is 0 Å². The highest BCUT2D eigenvalue weighted by Gasteiger charge is 2.12. The van der Waals surface area contributed by atoms with Gasteiger partial charge in [-0.25, -0.2) is 0 Å². The highest BCUT2D eigenvalue weighted by atomic mass is 16.6. The van der Waals surface area contributed by atoms with Crippen LogP contribution in [0.15, 0.2) is 0 Å². The lowest BCUT2D eigenvalue weighted by atomic mass is 10.1. The fraction of sp³-hybridized carbons (Fsp3) is 0.966. The molecule has 0 aromatic rings. The molecule has 0 saturated carbocycles. The minimum atomic E-state index is -0.142. The van der Waals surface area contributed by atoms with Crippen molar-refractivity contribution in [3.63, 3.8) is 0 Å². The zero-order chi connectivity index (χ0) is 28.6. The van der Waals surface area contributed by atoms with Crippen molar-refractivity contribution in [3.05, 3.63) is 0 Å². The Hall–Kier alpha value is -0.890. The first-order valence-electron chi connectivity index (χ1n) is 15.3. The number of nitrogens with one attached hydrogen (secondary N) is 1. The summed E-state index contributed by atoms with van der Waals surface area (Å²) in [5, 5.41) is 3.33. The van der Waals surface area contributed by atoms with E-state index in [-0.39, 0.29) is 5.97 Å². The first-order valence-corrected chi connectivity index (χ1v) is 15.3. The van der Waals surface area contributed by atoms with Crippen molar-refractivity contribution in [1.29, 1.82) is 0 Å². The number of piperidine rings is 1. The van der Waals surface area contributed by atoms with Gasteiger partial charge in [0.05, 0.1) is 105 Å². The molecule has 0 aliphatic carbocycles. The summed E-state index contributed by atoms with van der Waals surface area (Å²) in [6, 6.07) is 0. The minimum Gasteiger partial charge on any atom is -0.463 e. The molecule has 0 amide bonds. The molecule has 238 valence electrons. The van der Waals surface area contributed by atoms with E-state index in [1.54, 1.807) is 0 Å². The van der Waals surface area contributed by atoms with Crippen LogP contribution in [0.3, 0.4) is 0 Å². The minimum absolute atomic E-state index is 0.142. The Morgan fingerprint density at radius 3 is 1.40 bits per heavy atom. The summed E-state index contributed by atoms with van der Waals surface area (Å²) >= 11 is 0.